The van der Waals surface area contributed by atoms with Gasteiger partial charge in [0.15, 0.2) is 6.10 Å². The van der Waals surface area contributed by atoms with E-state index in [9.17, 15) is 14.7 Å². The number of hydrogen-bond donors (Lipinski definition) is 1. The smallest absolute Gasteiger partial charge is 0.344 e. The third kappa shape index (κ3) is 14.1. The number of aliphatic hydroxyl groups is 1. The molecule has 1 aliphatic rings. The van der Waals surface area contributed by atoms with Crippen molar-refractivity contribution in [3.63, 3.8) is 0 Å². The Bertz CT molecular complexity index is 531. The van der Waals surface area contributed by atoms with Crippen LogP contribution in [0, 0.1) is 0 Å². The molecule has 6 heteroatoms. The number of carbonyl (C=O) groups excluding carboxylic acids is 2. The lowest BCUT2D eigenvalue weighted by atomic mass is 10.0. The lowest BCUT2D eigenvalue weighted by Gasteiger charge is -2.28. The molecular formula is C27H52NO5+. The Hall–Kier alpha value is -0.980. The van der Waals surface area contributed by atoms with Crippen LogP contribution in [0.15, 0.2) is 0 Å². The van der Waals surface area contributed by atoms with Crippen molar-refractivity contribution >= 4 is 11.8 Å². The van der Waals surface area contributed by atoms with Crippen LogP contribution in [0.5, 0.6) is 0 Å². The molecule has 6 nitrogen and oxygen atoms in total. The van der Waals surface area contributed by atoms with Gasteiger partial charge in [-0.2, -0.15) is 0 Å². The highest BCUT2D eigenvalue weighted by Crippen LogP contribution is 2.19. The van der Waals surface area contributed by atoms with E-state index in [1.807, 2.05) is 21.1 Å². The van der Waals surface area contributed by atoms with Crippen molar-refractivity contribution in [2.24, 2.45) is 0 Å². The van der Waals surface area contributed by atoms with E-state index >= 15 is 0 Å². The van der Waals surface area contributed by atoms with Gasteiger partial charge in [0.25, 0.3) is 0 Å². The molecule has 1 rings (SSSR count). The van der Waals surface area contributed by atoms with Crippen molar-refractivity contribution in [2.45, 2.75) is 128 Å². The fraction of sp³-hybridized carbons (Fsp3) is 0.926. The second kappa shape index (κ2) is 17.5. The predicted molar refractivity (Wildman–Crippen MR) is 133 cm³/mol. The molecule has 194 valence electrons. The van der Waals surface area contributed by atoms with E-state index in [1.54, 1.807) is 0 Å². The summed E-state index contributed by atoms with van der Waals surface area (Å²) in [6.45, 7) is 2.97. The molecule has 0 aromatic heterocycles. The second-order valence-electron chi connectivity index (χ2n) is 10.9. The van der Waals surface area contributed by atoms with E-state index in [2.05, 4.69) is 6.92 Å². The van der Waals surface area contributed by atoms with Gasteiger partial charge in [-0.05, 0) is 6.42 Å². The van der Waals surface area contributed by atoms with Crippen LogP contribution >= 0.6 is 0 Å². The Balaban J connectivity index is 1.95. The minimum absolute atomic E-state index is 0.329. The third-order valence-corrected chi connectivity index (χ3v) is 6.36. The molecule has 1 aliphatic heterocycles. The molecule has 1 saturated heterocycles. The molecule has 33 heavy (non-hydrogen) atoms. The molecule has 0 radical (unpaired) electrons. The van der Waals surface area contributed by atoms with Gasteiger partial charge in [0.1, 0.15) is 12.6 Å². The number of carbonyl (C=O) groups is 2. The van der Waals surface area contributed by atoms with Gasteiger partial charge in [0, 0.05) is 6.61 Å². The number of Topliss-reactive ketones (excluding diaryl/α,β-unsaturated/α-hetero) is 1. The Morgan fingerprint density at radius 1 is 0.788 bits per heavy atom. The van der Waals surface area contributed by atoms with Crippen molar-refractivity contribution in [1.29, 1.82) is 0 Å². The number of aliphatic hydroxyl groups excluding tert-OH is 1. The van der Waals surface area contributed by atoms with Gasteiger partial charge in [-0.25, -0.2) is 4.79 Å². The van der Waals surface area contributed by atoms with Crippen LogP contribution in [0.3, 0.4) is 0 Å². The average molecular weight is 471 g/mol. The highest BCUT2D eigenvalue weighted by molar-refractivity contribution is 6.09. The summed E-state index contributed by atoms with van der Waals surface area (Å²) in [7, 11) is 5.74. The highest BCUT2D eigenvalue weighted by atomic mass is 16.6. The van der Waals surface area contributed by atoms with E-state index in [0.717, 1.165) is 19.3 Å². The Labute approximate surface area is 203 Å². The summed E-state index contributed by atoms with van der Waals surface area (Å²) in [6, 6.07) is 0. The molecule has 0 amide bonds. The number of rotatable bonds is 21. The minimum atomic E-state index is -1.17. The molecule has 0 aromatic carbocycles. The highest BCUT2D eigenvalue weighted by Gasteiger charge is 2.48. The summed E-state index contributed by atoms with van der Waals surface area (Å²) in [5.41, 5.74) is 0. The molecule has 0 saturated carbocycles. The van der Waals surface area contributed by atoms with Crippen molar-refractivity contribution in [3.8, 4) is 0 Å². The zero-order chi connectivity index (χ0) is 24.5. The minimum Gasteiger partial charge on any atom is -0.449 e. The summed E-state index contributed by atoms with van der Waals surface area (Å²) < 4.78 is 11.1. The number of hydrogen-bond acceptors (Lipinski definition) is 5. The monoisotopic (exact) mass is 470 g/mol. The fourth-order valence-corrected chi connectivity index (χ4v) is 4.44. The summed E-state index contributed by atoms with van der Waals surface area (Å²) >= 11 is 0. The summed E-state index contributed by atoms with van der Waals surface area (Å²) in [6.07, 6.45) is 17.5. The van der Waals surface area contributed by atoms with E-state index in [-0.39, 0.29) is 0 Å². The van der Waals surface area contributed by atoms with Crippen molar-refractivity contribution < 1.29 is 28.7 Å². The largest absolute Gasteiger partial charge is 0.449 e. The van der Waals surface area contributed by atoms with E-state index in [0.29, 0.717) is 17.6 Å². The van der Waals surface area contributed by atoms with E-state index < -0.39 is 30.1 Å². The topological polar surface area (TPSA) is 72.8 Å². The Morgan fingerprint density at radius 3 is 1.64 bits per heavy atom. The van der Waals surface area contributed by atoms with Crippen LogP contribution in [-0.4, -0.2) is 73.9 Å². The number of ketones is 1. The van der Waals surface area contributed by atoms with Crippen molar-refractivity contribution in [3.05, 3.63) is 0 Å². The maximum Gasteiger partial charge on any atom is 0.344 e. The fourth-order valence-electron chi connectivity index (χ4n) is 4.44. The zero-order valence-corrected chi connectivity index (χ0v) is 22.0. The number of nitrogens with zero attached hydrogens (tertiary/aromatic N) is 1. The molecule has 0 spiro atoms. The quantitative estimate of drug-likeness (QED) is 0.108. The molecule has 1 heterocycles. The van der Waals surface area contributed by atoms with Crippen molar-refractivity contribution in [1.82, 2.24) is 0 Å². The molecule has 3 atom stereocenters. The first-order chi connectivity index (χ1) is 15.8. The van der Waals surface area contributed by atoms with Gasteiger partial charge < -0.3 is 19.1 Å². The average Bonchev–Trinajstić information content (AvgIpc) is 3.03. The lowest BCUT2D eigenvalue weighted by Crippen LogP contribution is -2.48. The van der Waals surface area contributed by atoms with Gasteiger partial charge in [-0.15, -0.1) is 0 Å². The zero-order valence-electron chi connectivity index (χ0n) is 22.0. The second-order valence-corrected chi connectivity index (χ2v) is 10.9. The van der Waals surface area contributed by atoms with Gasteiger partial charge in [0.05, 0.1) is 21.1 Å². The van der Waals surface area contributed by atoms with E-state index in [4.69, 9.17) is 9.47 Å². The summed E-state index contributed by atoms with van der Waals surface area (Å²) in [4.78, 5) is 24.4. The van der Waals surface area contributed by atoms with Crippen LogP contribution in [-0.2, 0) is 19.1 Å². The maximum atomic E-state index is 12.4. The van der Waals surface area contributed by atoms with Crippen LogP contribution in [0.25, 0.3) is 0 Å². The number of cyclic esters (lactones) is 1. The standard InChI is InChI=1S/C27H52NO5/c1-5-6-7-8-9-10-11-12-13-14-15-16-17-18-19-20-21-32-26-24(30)25(33-27(26)31)23(29)22-28(2,3)4/h23,25-26,29H,5-22H2,1-4H3/q+1. The lowest BCUT2D eigenvalue weighted by molar-refractivity contribution is -0.873. The first-order valence-electron chi connectivity index (χ1n) is 13.6. The Morgan fingerprint density at radius 2 is 1.21 bits per heavy atom. The van der Waals surface area contributed by atoms with Crippen LogP contribution < -0.4 is 0 Å². The first kappa shape index (κ1) is 30.1. The normalized spacial score (nSPS) is 19.8. The molecule has 1 fully saturated rings. The number of unbranched alkanes of at least 4 members (excludes halogenated alkanes) is 15. The first-order valence-corrected chi connectivity index (χ1v) is 13.6. The van der Waals surface area contributed by atoms with Crippen molar-refractivity contribution in [2.75, 3.05) is 34.3 Å². The SMILES string of the molecule is CCCCCCCCCCCCCCCCCCOC1C(=O)OC(C(O)C[N+](C)(C)C)C1=O. The summed E-state index contributed by atoms with van der Waals surface area (Å²) in [5, 5.41) is 10.2. The van der Waals surface area contributed by atoms with Gasteiger partial charge in [-0.3, -0.25) is 4.79 Å². The molecular weight excluding hydrogens is 418 g/mol. The maximum absolute atomic E-state index is 12.4. The van der Waals surface area contributed by atoms with Crippen LogP contribution in [0.2, 0.25) is 0 Å². The number of esters is 1. The number of likely N-dealkylation sites (N-methyl/N-ethyl adjacent to an activating group) is 1. The van der Waals surface area contributed by atoms with Gasteiger partial charge in [-0.1, -0.05) is 103 Å². The third-order valence-electron chi connectivity index (χ3n) is 6.36. The Kier molecular flexibility index (Phi) is 15.9. The van der Waals surface area contributed by atoms with E-state index in [1.165, 1.54) is 83.5 Å². The van der Waals surface area contributed by atoms with Gasteiger partial charge >= 0.3 is 5.97 Å². The van der Waals surface area contributed by atoms with Gasteiger partial charge in [0.2, 0.25) is 11.9 Å². The molecule has 1 N–H and O–H groups in total. The van der Waals surface area contributed by atoms with Crippen LogP contribution in [0.4, 0.5) is 0 Å². The molecule has 0 aromatic rings. The molecule has 3 unspecified atom stereocenters. The molecule has 0 aliphatic carbocycles. The molecule has 0 bridgehead atoms. The summed E-state index contributed by atoms with van der Waals surface area (Å²) in [5.74, 6) is -1.11. The number of ether oxygens (including phenoxy) is 2. The van der Waals surface area contributed by atoms with Crippen LogP contribution in [0.1, 0.15) is 110 Å². The number of quaternary nitrogens is 1. The predicted octanol–water partition coefficient (Wildman–Crippen LogP) is 5.19.